The van der Waals surface area contributed by atoms with E-state index in [4.69, 9.17) is 4.52 Å². The van der Waals surface area contributed by atoms with Crippen LogP contribution in [-0.4, -0.2) is 37.0 Å². The molecule has 1 aliphatic rings. The summed E-state index contributed by atoms with van der Waals surface area (Å²) in [5.41, 5.74) is 0.455. The Balaban J connectivity index is 1.36. The van der Waals surface area contributed by atoms with E-state index in [2.05, 4.69) is 30.9 Å². The van der Waals surface area contributed by atoms with Crippen molar-refractivity contribution < 1.29 is 4.52 Å². The van der Waals surface area contributed by atoms with Crippen molar-refractivity contribution in [2.45, 2.75) is 38.3 Å². The van der Waals surface area contributed by atoms with Crippen LogP contribution in [0.25, 0.3) is 5.69 Å². The average Bonchev–Trinajstić information content (AvgIpc) is 3.25. The van der Waals surface area contributed by atoms with E-state index in [1.54, 1.807) is 25.4 Å². The maximum atomic E-state index is 11.8. The number of nitrogens with one attached hydrogen (secondary N) is 2. The van der Waals surface area contributed by atoms with Crippen LogP contribution in [0, 0.1) is 6.92 Å². The third-order valence-electron chi connectivity index (χ3n) is 4.35. The van der Waals surface area contributed by atoms with Crippen molar-refractivity contribution in [1.29, 1.82) is 0 Å². The zero-order valence-electron chi connectivity index (χ0n) is 14.3. The highest BCUT2D eigenvalue weighted by atomic mass is 16.5. The van der Waals surface area contributed by atoms with E-state index in [-0.39, 0.29) is 5.56 Å². The number of hydrogen-bond acceptors (Lipinski definition) is 8. The topological polar surface area (TPSA) is 111 Å². The summed E-state index contributed by atoms with van der Waals surface area (Å²) in [5.74, 6) is 1.87. The quantitative estimate of drug-likeness (QED) is 0.714. The molecule has 9 heteroatoms. The number of nitrogens with zero attached hydrogens (tertiary/aromatic N) is 5. The lowest BCUT2D eigenvalue weighted by molar-refractivity contribution is 0.394. The first-order chi connectivity index (χ1) is 12.7. The van der Waals surface area contributed by atoms with Gasteiger partial charge in [0.1, 0.15) is 5.82 Å². The predicted octanol–water partition coefficient (Wildman–Crippen LogP) is 1.76. The molecule has 1 aliphatic carbocycles. The molecule has 4 rings (SSSR count). The molecule has 0 unspecified atom stereocenters. The van der Waals surface area contributed by atoms with E-state index < -0.39 is 0 Å². The second kappa shape index (κ2) is 6.95. The summed E-state index contributed by atoms with van der Waals surface area (Å²) < 4.78 is 6.29. The smallest absolute Gasteiger partial charge is 0.271 e. The van der Waals surface area contributed by atoms with Gasteiger partial charge in [-0.1, -0.05) is 0 Å². The molecule has 0 amide bonds. The Bertz CT molecular complexity index is 935. The number of aromatic nitrogens is 5. The molecule has 3 aromatic heterocycles. The van der Waals surface area contributed by atoms with Gasteiger partial charge in [0.15, 0.2) is 0 Å². The van der Waals surface area contributed by atoms with Crippen LogP contribution >= 0.6 is 0 Å². The van der Waals surface area contributed by atoms with Gasteiger partial charge in [0.05, 0.1) is 11.9 Å². The van der Waals surface area contributed by atoms with Crippen molar-refractivity contribution in [2.75, 3.05) is 10.6 Å². The molecule has 1 saturated carbocycles. The highest BCUT2D eigenvalue weighted by Gasteiger charge is 2.25. The second-order valence-corrected chi connectivity index (χ2v) is 6.31. The van der Waals surface area contributed by atoms with Crippen LogP contribution in [0.3, 0.4) is 0 Å². The maximum absolute atomic E-state index is 11.8. The van der Waals surface area contributed by atoms with Gasteiger partial charge >= 0.3 is 0 Å². The number of aryl methyl sites for hydroxylation is 1. The SMILES string of the molecule is Cc1nc(N[C@H]2CC[C@H](Nc3ccc(-n4ncccc4=O)cn3)C2)no1. The van der Waals surface area contributed by atoms with Crippen LogP contribution in [0.1, 0.15) is 25.2 Å². The molecular formula is C17H19N7O2. The molecule has 2 atom stereocenters. The van der Waals surface area contributed by atoms with Gasteiger partial charge in [-0.2, -0.15) is 14.8 Å². The molecule has 0 radical (unpaired) electrons. The Hall–Kier alpha value is -3.23. The summed E-state index contributed by atoms with van der Waals surface area (Å²) in [6, 6.07) is 7.39. The Kier molecular flexibility index (Phi) is 4.34. The summed E-state index contributed by atoms with van der Waals surface area (Å²) in [4.78, 5) is 20.4. The molecule has 26 heavy (non-hydrogen) atoms. The molecule has 134 valence electrons. The van der Waals surface area contributed by atoms with Crippen LogP contribution in [-0.2, 0) is 0 Å². The predicted molar refractivity (Wildman–Crippen MR) is 95.3 cm³/mol. The zero-order chi connectivity index (χ0) is 17.9. The third-order valence-corrected chi connectivity index (χ3v) is 4.35. The maximum Gasteiger partial charge on any atom is 0.271 e. The van der Waals surface area contributed by atoms with E-state index in [0.717, 1.165) is 25.1 Å². The van der Waals surface area contributed by atoms with Crippen molar-refractivity contribution in [2.24, 2.45) is 0 Å². The minimum atomic E-state index is -0.184. The Labute approximate surface area is 149 Å². The summed E-state index contributed by atoms with van der Waals surface area (Å²) in [5, 5.41) is 14.6. The minimum Gasteiger partial charge on any atom is -0.367 e. The van der Waals surface area contributed by atoms with Gasteiger partial charge in [0.25, 0.3) is 11.5 Å². The van der Waals surface area contributed by atoms with E-state index >= 15 is 0 Å². The Morgan fingerprint density at radius 3 is 2.73 bits per heavy atom. The standard InChI is InChI=1S/C17H19N7O2/c1-11-20-17(23-26-11)22-13-5-4-12(9-13)21-15-7-6-14(10-18-15)24-16(25)3-2-8-19-24/h2-3,6-8,10,12-13H,4-5,9H2,1H3,(H,18,21)(H,22,23)/t12-,13-/m0/s1. The van der Waals surface area contributed by atoms with Crippen molar-refractivity contribution in [1.82, 2.24) is 24.9 Å². The first-order valence-electron chi connectivity index (χ1n) is 8.51. The van der Waals surface area contributed by atoms with E-state index in [0.29, 0.717) is 29.6 Å². The lowest BCUT2D eigenvalue weighted by Gasteiger charge is -2.14. The molecule has 0 bridgehead atoms. The largest absolute Gasteiger partial charge is 0.367 e. The van der Waals surface area contributed by atoms with Gasteiger partial charge in [-0.25, -0.2) is 4.98 Å². The first-order valence-corrected chi connectivity index (χ1v) is 8.51. The monoisotopic (exact) mass is 353 g/mol. The van der Waals surface area contributed by atoms with Gasteiger partial charge in [0.2, 0.25) is 5.89 Å². The van der Waals surface area contributed by atoms with Gasteiger partial charge in [-0.15, -0.1) is 0 Å². The fraction of sp³-hybridized carbons (Fsp3) is 0.353. The van der Waals surface area contributed by atoms with Gasteiger partial charge in [0, 0.05) is 31.3 Å². The lowest BCUT2D eigenvalue weighted by atomic mass is 10.2. The number of hydrogen-bond donors (Lipinski definition) is 2. The molecule has 2 N–H and O–H groups in total. The van der Waals surface area contributed by atoms with Gasteiger partial charge in [-0.3, -0.25) is 4.79 Å². The zero-order valence-corrected chi connectivity index (χ0v) is 14.3. The van der Waals surface area contributed by atoms with Crippen LogP contribution in [0.15, 0.2) is 46.0 Å². The molecule has 9 nitrogen and oxygen atoms in total. The van der Waals surface area contributed by atoms with Crippen LogP contribution in [0.2, 0.25) is 0 Å². The molecule has 0 aliphatic heterocycles. The number of pyridine rings is 1. The Morgan fingerprint density at radius 1 is 1.19 bits per heavy atom. The lowest BCUT2D eigenvalue weighted by Crippen LogP contribution is -2.22. The highest BCUT2D eigenvalue weighted by molar-refractivity contribution is 5.41. The van der Waals surface area contributed by atoms with Crippen molar-refractivity contribution in [3.8, 4) is 5.69 Å². The van der Waals surface area contributed by atoms with Crippen LogP contribution in [0.4, 0.5) is 11.8 Å². The molecule has 1 fully saturated rings. The highest BCUT2D eigenvalue weighted by Crippen LogP contribution is 2.24. The molecule has 0 saturated heterocycles. The molecule has 0 aromatic carbocycles. The van der Waals surface area contributed by atoms with E-state index in [9.17, 15) is 4.79 Å². The average molecular weight is 353 g/mol. The van der Waals surface area contributed by atoms with E-state index in [1.807, 2.05) is 12.1 Å². The van der Waals surface area contributed by atoms with E-state index in [1.165, 1.54) is 10.7 Å². The van der Waals surface area contributed by atoms with Crippen molar-refractivity contribution in [3.63, 3.8) is 0 Å². The van der Waals surface area contributed by atoms with Gasteiger partial charge < -0.3 is 15.2 Å². The van der Waals surface area contributed by atoms with Gasteiger partial charge in [-0.05, 0) is 42.6 Å². The van der Waals surface area contributed by atoms with Crippen LogP contribution < -0.4 is 16.2 Å². The number of rotatable bonds is 5. The second-order valence-electron chi connectivity index (χ2n) is 6.31. The minimum absolute atomic E-state index is 0.184. The summed E-state index contributed by atoms with van der Waals surface area (Å²) >= 11 is 0. The molecular weight excluding hydrogens is 334 g/mol. The summed E-state index contributed by atoms with van der Waals surface area (Å²) in [6.45, 7) is 1.77. The third kappa shape index (κ3) is 3.56. The molecule has 3 aromatic rings. The van der Waals surface area contributed by atoms with Crippen molar-refractivity contribution in [3.05, 3.63) is 52.9 Å². The number of anilines is 2. The van der Waals surface area contributed by atoms with Crippen LogP contribution in [0.5, 0.6) is 0 Å². The Morgan fingerprint density at radius 2 is 2.04 bits per heavy atom. The summed E-state index contributed by atoms with van der Waals surface area (Å²) in [6.07, 6.45) is 6.20. The normalized spacial score (nSPS) is 19.4. The van der Waals surface area contributed by atoms with Crippen molar-refractivity contribution >= 4 is 11.8 Å². The molecule has 0 spiro atoms. The fourth-order valence-electron chi connectivity index (χ4n) is 3.14. The first kappa shape index (κ1) is 16.2. The fourth-order valence-corrected chi connectivity index (χ4v) is 3.14. The summed E-state index contributed by atoms with van der Waals surface area (Å²) in [7, 11) is 0. The molecule has 3 heterocycles.